The average molecular weight is 470 g/mol. The summed E-state index contributed by atoms with van der Waals surface area (Å²) in [5, 5.41) is 5.04. The van der Waals surface area contributed by atoms with Gasteiger partial charge < -0.3 is 14.8 Å². The van der Waals surface area contributed by atoms with E-state index in [4.69, 9.17) is 9.47 Å². The summed E-state index contributed by atoms with van der Waals surface area (Å²) in [6.07, 6.45) is 0. The van der Waals surface area contributed by atoms with Gasteiger partial charge in [0.25, 0.3) is 5.56 Å². The molecular formula is C22H16FN3O4S2. The van der Waals surface area contributed by atoms with E-state index in [1.165, 1.54) is 39.8 Å². The number of hydrogen-bond acceptors (Lipinski definition) is 7. The van der Waals surface area contributed by atoms with Crippen molar-refractivity contribution in [2.45, 2.75) is 11.7 Å². The van der Waals surface area contributed by atoms with E-state index in [2.05, 4.69) is 10.3 Å². The fraction of sp³-hybridized carbons (Fsp3) is 0.136. The molecule has 0 fully saturated rings. The van der Waals surface area contributed by atoms with Crippen molar-refractivity contribution < 1.29 is 18.7 Å². The number of rotatable bonds is 6. The number of thiophene rings is 1. The third kappa shape index (κ3) is 4.19. The van der Waals surface area contributed by atoms with Crippen molar-refractivity contribution >= 4 is 44.9 Å². The van der Waals surface area contributed by atoms with Gasteiger partial charge in [-0.1, -0.05) is 23.9 Å². The van der Waals surface area contributed by atoms with Crippen LogP contribution in [0.25, 0.3) is 10.2 Å². The van der Waals surface area contributed by atoms with Crippen molar-refractivity contribution in [1.82, 2.24) is 9.55 Å². The standard InChI is InChI=1S/C22H16FN3O4S2/c23-14-3-1-13(2-4-14)10-26-21(28)20-16(7-8-31-20)25-22(26)32-11-19(27)24-15-5-6-17-18(9-15)30-12-29-17/h1-9H,10-12H2,(H,24,27). The molecule has 0 saturated carbocycles. The fourth-order valence-electron chi connectivity index (χ4n) is 3.25. The SMILES string of the molecule is O=C(CSc1nc2ccsc2c(=O)n1Cc1ccc(F)cc1)Nc1ccc2c(c1)OCO2. The molecule has 7 nitrogen and oxygen atoms in total. The van der Waals surface area contributed by atoms with Crippen molar-refractivity contribution in [1.29, 1.82) is 0 Å². The second-order valence-electron chi connectivity index (χ2n) is 6.95. The fourth-order valence-corrected chi connectivity index (χ4v) is 4.82. The number of aromatic nitrogens is 2. The first-order valence-corrected chi connectivity index (χ1v) is 11.5. The van der Waals surface area contributed by atoms with Crippen LogP contribution in [0.15, 0.2) is 63.9 Å². The number of halogens is 1. The second kappa shape index (κ2) is 8.64. The Hall–Kier alpha value is -3.37. The third-order valence-corrected chi connectivity index (χ3v) is 6.64. The van der Waals surface area contributed by atoms with E-state index in [0.717, 1.165) is 5.56 Å². The normalized spacial score (nSPS) is 12.3. The lowest BCUT2D eigenvalue weighted by atomic mass is 10.2. The summed E-state index contributed by atoms with van der Waals surface area (Å²) in [5.41, 5.74) is 1.75. The van der Waals surface area contributed by atoms with Crippen LogP contribution in [0, 0.1) is 5.82 Å². The minimum Gasteiger partial charge on any atom is -0.454 e. The van der Waals surface area contributed by atoms with Gasteiger partial charge in [-0.3, -0.25) is 14.2 Å². The van der Waals surface area contributed by atoms with Gasteiger partial charge in [-0.2, -0.15) is 0 Å². The molecule has 2 aromatic heterocycles. The van der Waals surface area contributed by atoms with Crippen LogP contribution in [-0.2, 0) is 11.3 Å². The molecule has 0 bridgehead atoms. The van der Waals surface area contributed by atoms with Crippen molar-refractivity contribution in [3.63, 3.8) is 0 Å². The van der Waals surface area contributed by atoms with Crippen molar-refractivity contribution in [2.75, 3.05) is 17.9 Å². The van der Waals surface area contributed by atoms with Crippen molar-refractivity contribution in [3.8, 4) is 11.5 Å². The third-order valence-electron chi connectivity index (χ3n) is 4.77. The highest BCUT2D eigenvalue weighted by atomic mass is 32.2. The predicted octanol–water partition coefficient (Wildman–Crippen LogP) is 4.10. The number of benzene rings is 2. The number of fused-ring (bicyclic) bond motifs is 2. The Bertz CT molecular complexity index is 1370. The van der Waals surface area contributed by atoms with Gasteiger partial charge in [0.05, 0.1) is 17.8 Å². The molecule has 0 aliphatic carbocycles. The van der Waals surface area contributed by atoms with Crippen LogP contribution >= 0.6 is 23.1 Å². The van der Waals surface area contributed by atoms with E-state index in [1.54, 1.807) is 36.4 Å². The van der Waals surface area contributed by atoms with E-state index >= 15 is 0 Å². The summed E-state index contributed by atoms with van der Waals surface area (Å²) in [7, 11) is 0. The summed E-state index contributed by atoms with van der Waals surface area (Å²) < 4.78 is 25.9. The molecule has 0 unspecified atom stereocenters. The lowest BCUT2D eigenvalue weighted by Gasteiger charge is -2.12. The lowest BCUT2D eigenvalue weighted by Crippen LogP contribution is -2.24. The summed E-state index contributed by atoms with van der Waals surface area (Å²) in [6.45, 7) is 0.386. The first-order chi connectivity index (χ1) is 15.6. The van der Waals surface area contributed by atoms with E-state index in [9.17, 15) is 14.0 Å². The zero-order valence-corrected chi connectivity index (χ0v) is 18.2. The molecule has 3 heterocycles. The zero-order chi connectivity index (χ0) is 22.1. The molecule has 0 saturated heterocycles. The van der Waals surface area contributed by atoms with Crippen LogP contribution in [-0.4, -0.2) is 28.0 Å². The summed E-state index contributed by atoms with van der Waals surface area (Å²) in [6, 6.07) is 12.9. The Morgan fingerprint density at radius 3 is 2.81 bits per heavy atom. The number of amides is 1. The quantitative estimate of drug-likeness (QED) is 0.338. The molecule has 0 radical (unpaired) electrons. The predicted molar refractivity (Wildman–Crippen MR) is 121 cm³/mol. The Morgan fingerprint density at radius 2 is 1.97 bits per heavy atom. The van der Waals surface area contributed by atoms with Crippen LogP contribution in [0.2, 0.25) is 0 Å². The van der Waals surface area contributed by atoms with Crippen LogP contribution in [0.4, 0.5) is 10.1 Å². The number of nitrogens with one attached hydrogen (secondary N) is 1. The maximum atomic E-state index is 13.3. The van der Waals surface area contributed by atoms with E-state index < -0.39 is 0 Å². The first-order valence-electron chi connectivity index (χ1n) is 9.61. The van der Waals surface area contributed by atoms with Crippen LogP contribution < -0.4 is 20.3 Å². The van der Waals surface area contributed by atoms with Gasteiger partial charge in [-0.15, -0.1) is 11.3 Å². The topological polar surface area (TPSA) is 82.5 Å². The molecule has 162 valence electrons. The lowest BCUT2D eigenvalue weighted by molar-refractivity contribution is -0.113. The number of hydrogen-bond donors (Lipinski definition) is 1. The molecule has 1 aliphatic heterocycles. The van der Waals surface area contributed by atoms with E-state index in [-0.39, 0.29) is 36.4 Å². The maximum Gasteiger partial charge on any atom is 0.272 e. The molecule has 0 spiro atoms. The van der Waals surface area contributed by atoms with Crippen molar-refractivity contribution in [3.05, 3.63) is 75.6 Å². The van der Waals surface area contributed by atoms with Gasteiger partial charge in [0.2, 0.25) is 12.7 Å². The number of carbonyl (C=O) groups excluding carboxylic acids is 1. The van der Waals surface area contributed by atoms with Gasteiger partial charge in [0.15, 0.2) is 16.7 Å². The molecule has 5 rings (SSSR count). The van der Waals surface area contributed by atoms with Gasteiger partial charge in [0, 0.05) is 11.8 Å². The number of ether oxygens (including phenoxy) is 2. The number of nitrogens with zero attached hydrogens (tertiary/aromatic N) is 2. The van der Waals surface area contributed by atoms with Crippen molar-refractivity contribution in [2.24, 2.45) is 0 Å². The highest BCUT2D eigenvalue weighted by Gasteiger charge is 2.17. The minimum atomic E-state index is -0.345. The molecule has 2 aromatic carbocycles. The Kier molecular flexibility index (Phi) is 5.54. The number of thioether (sulfide) groups is 1. The number of anilines is 1. The maximum absolute atomic E-state index is 13.3. The summed E-state index contributed by atoms with van der Waals surface area (Å²) in [4.78, 5) is 30.2. The molecular weight excluding hydrogens is 453 g/mol. The smallest absolute Gasteiger partial charge is 0.272 e. The molecule has 1 aliphatic rings. The first kappa shape index (κ1) is 20.5. The van der Waals surface area contributed by atoms with Crippen LogP contribution in [0.5, 0.6) is 11.5 Å². The second-order valence-corrected chi connectivity index (χ2v) is 8.81. The van der Waals surface area contributed by atoms with Gasteiger partial charge >= 0.3 is 0 Å². The van der Waals surface area contributed by atoms with Crippen LogP contribution in [0.3, 0.4) is 0 Å². The van der Waals surface area contributed by atoms with Crippen LogP contribution in [0.1, 0.15) is 5.56 Å². The van der Waals surface area contributed by atoms with E-state index in [1.807, 2.05) is 5.38 Å². The zero-order valence-electron chi connectivity index (χ0n) is 16.5. The number of carbonyl (C=O) groups is 1. The molecule has 32 heavy (non-hydrogen) atoms. The Balaban J connectivity index is 1.36. The molecule has 10 heteroatoms. The Labute approximate surface area is 189 Å². The highest BCUT2D eigenvalue weighted by molar-refractivity contribution is 7.99. The molecule has 0 atom stereocenters. The minimum absolute atomic E-state index is 0.0555. The highest BCUT2D eigenvalue weighted by Crippen LogP contribution is 2.34. The molecule has 4 aromatic rings. The molecule has 1 amide bonds. The summed E-state index contributed by atoms with van der Waals surface area (Å²) >= 11 is 2.49. The largest absolute Gasteiger partial charge is 0.454 e. The average Bonchev–Trinajstić information content (AvgIpc) is 3.45. The van der Waals surface area contributed by atoms with E-state index in [0.29, 0.717) is 32.6 Å². The van der Waals surface area contributed by atoms with Gasteiger partial charge in [-0.25, -0.2) is 9.37 Å². The Morgan fingerprint density at radius 1 is 1.16 bits per heavy atom. The van der Waals surface area contributed by atoms with Gasteiger partial charge in [0.1, 0.15) is 10.5 Å². The molecule has 1 N–H and O–H groups in total. The summed E-state index contributed by atoms with van der Waals surface area (Å²) in [5.74, 6) is 0.674. The van der Waals surface area contributed by atoms with Gasteiger partial charge in [-0.05, 0) is 41.3 Å². The monoisotopic (exact) mass is 469 g/mol.